The second-order valence-corrected chi connectivity index (χ2v) is 31.6. The normalized spacial score (nSPS) is 22.3. The van der Waals surface area contributed by atoms with Crippen LogP contribution in [-0.2, 0) is 28.5 Å². The zero-order valence-corrected chi connectivity index (χ0v) is 67.5. The molecule has 9 N–H and O–H groups in total. The van der Waals surface area contributed by atoms with E-state index in [1.165, 1.54) is 38.3 Å². The van der Waals surface area contributed by atoms with E-state index in [2.05, 4.69) is 86.3 Å². The Bertz CT molecular complexity index is 5000. The molecule has 12 aromatic rings. The maximum absolute atomic E-state index is 12.6. The average molecular weight is 1610 g/mol. The van der Waals surface area contributed by atoms with Crippen LogP contribution in [0.15, 0.2) is 201 Å². The van der Waals surface area contributed by atoms with Crippen LogP contribution in [0.3, 0.4) is 0 Å². The van der Waals surface area contributed by atoms with Crippen LogP contribution in [0.2, 0.25) is 5.15 Å². The third-order valence-corrected chi connectivity index (χ3v) is 24.2. The molecule has 612 valence electrons. The van der Waals surface area contributed by atoms with E-state index < -0.39 is 0 Å². The summed E-state index contributed by atoms with van der Waals surface area (Å²) in [5.74, 6) is 7.11. The van der Waals surface area contributed by atoms with Crippen LogP contribution in [0.4, 0.5) is 11.6 Å². The fourth-order valence-electron chi connectivity index (χ4n) is 17.6. The number of benzene rings is 6. The number of rotatable bonds is 15. The number of carbonyl (C=O) groups excluding carboxylic acids is 2. The molecule has 0 bridgehead atoms. The van der Waals surface area contributed by atoms with E-state index in [1.807, 2.05) is 166 Å². The quantitative estimate of drug-likeness (QED) is 0.0803. The lowest BCUT2D eigenvalue weighted by Gasteiger charge is -2.38. The molecule has 0 spiro atoms. The van der Waals surface area contributed by atoms with E-state index >= 15 is 0 Å². The number of nitrogens with two attached hydrogens (primary N) is 2. The number of amides is 2. The van der Waals surface area contributed by atoms with E-state index in [0.717, 1.165) is 198 Å². The summed E-state index contributed by atoms with van der Waals surface area (Å²) in [5, 5.41) is 3.10. The van der Waals surface area contributed by atoms with Crippen LogP contribution in [0.25, 0.3) is 66.5 Å². The number of likely N-dealkylation sites (N-methyl/N-ethyl adjacent to an activating group) is 3. The highest BCUT2D eigenvalue weighted by Gasteiger charge is 2.40. The fourth-order valence-corrected chi connectivity index (χ4v) is 17.8. The maximum atomic E-state index is 12.6. The molecule has 7 aliphatic rings. The third kappa shape index (κ3) is 19.1. The van der Waals surface area contributed by atoms with Gasteiger partial charge in [-0.3, -0.25) is 9.59 Å². The molecular formula is C91H106ClN15O10. The molecule has 6 aromatic heterocycles. The van der Waals surface area contributed by atoms with Gasteiger partial charge in [0.2, 0.25) is 0 Å². The molecule has 10 heterocycles. The van der Waals surface area contributed by atoms with Gasteiger partial charge < -0.3 is 84.7 Å². The highest BCUT2D eigenvalue weighted by molar-refractivity contribution is 6.35. The Kier molecular flexibility index (Phi) is 27.2. The van der Waals surface area contributed by atoms with Crippen molar-refractivity contribution in [2.45, 2.75) is 126 Å². The summed E-state index contributed by atoms with van der Waals surface area (Å²) in [7, 11) is 5.92. The number of halogens is 1. The van der Waals surface area contributed by atoms with E-state index in [1.54, 1.807) is 16.1 Å². The predicted molar refractivity (Wildman–Crippen MR) is 456 cm³/mol. The van der Waals surface area contributed by atoms with Gasteiger partial charge in [0.25, 0.3) is 11.8 Å². The first-order chi connectivity index (χ1) is 56.3. The molecule has 3 atom stereocenters. The number of aromatic nitrogens is 9. The van der Waals surface area contributed by atoms with Gasteiger partial charge in [0.05, 0.1) is 42.1 Å². The molecule has 26 heteroatoms. The van der Waals surface area contributed by atoms with Crippen molar-refractivity contribution in [2.75, 3.05) is 91.8 Å². The number of hydrogen-bond acceptors (Lipinski definition) is 19. The Labute approximate surface area is 687 Å². The first kappa shape index (κ1) is 82.7. The Balaban J connectivity index is 0.000000139. The summed E-state index contributed by atoms with van der Waals surface area (Å²) in [4.78, 5) is 58.0. The van der Waals surface area contributed by atoms with Gasteiger partial charge in [0, 0.05) is 107 Å². The Hall–Kier alpha value is -10.9. The van der Waals surface area contributed by atoms with Crippen molar-refractivity contribution in [3.63, 3.8) is 0 Å². The van der Waals surface area contributed by atoms with Gasteiger partial charge in [-0.1, -0.05) is 103 Å². The minimum Gasteiger partial charge on any atom is -0.457 e. The van der Waals surface area contributed by atoms with Crippen LogP contribution in [0, 0.1) is 17.8 Å². The Morgan fingerprint density at radius 2 is 0.726 bits per heavy atom. The lowest BCUT2D eigenvalue weighted by atomic mass is 9.81. The van der Waals surface area contributed by atoms with Crippen LogP contribution in [0.5, 0.6) is 34.5 Å². The Morgan fingerprint density at radius 1 is 0.393 bits per heavy atom. The van der Waals surface area contributed by atoms with Crippen LogP contribution < -0.4 is 31.8 Å². The Morgan fingerprint density at radius 3 is 1.09 bits per heavy atom. The van der Waals surface area contributed by atoms with Crippen molar-refractivity contribution in [3.8, 4) is 67.9 Å². The number of anilines is 2. The summed E-state index contributed by atoms with van der Waals surface area (Å²) in [6.45, 7) is 7.49. The molecular weight excluding hydrogens is 1500 g/mol. The lowest BCUT2D eigenvalue weighted by Crippen LogP contribution is -2.49. The maximum Gasteiger partial charge on any atom is 0.251 e. The molecule has 7 fully saturated rings. The minimum absolute atomic E-state index is 0. The van der Waals surface area contributed by atoms with Gasteiger partial charge in [-0.05, 0) is 204 Å². The topological polar surface area (TPSA) is 319 Å². The highest BCUT2D eigenvalue weighted by atomic mass is 35.5. The summed E-state index contributed by atoms with van der Waals surface area (Å²) in [6, 6.07) is 54.4. The van der Waals surface area contributed by atoms with E-state index in [0.29, 0.717) is 61.2 Å². The monoisotopic (exact) mass is 1600 g/mol. The van der Waals surface area contributed by atoms with Crippen molar-refractivity contribution >= 4 is 68.2 Å². The number of para-hydroxylation sites is 3. The smallest absolute Gasteiger partial charge is 0.251 e. The average Bonchev–Trinajstić information content (AvgIpc) is 1.62. The molecule has 19 rings (SSSR count). The van der Waals surface area contributed by atoms with Gasteiger partial charge in [-0.15, -0.1) is 0 Å². The number of carbonyl (C=O) groups is 2. The van der Waals surface area contributed by atoms with Gasteiger partial charge >= 0.3 is 0 Å². The standard InChI is InChI=1S/C29H29ClN4O3.C29H31N5O3.C29H33N5O2.C4H8O.H3N.H2O/c2*1-33-15-16-36-26(29(33)35)20-7-11-21(12-8-20)34-17-24(25-27(30)31-18-32-28(25)34)19-9-13-23(14-10-19)37-22-5-3-2-4-6-22;1-33-15-16-35-26(18-33)21-7-11-22(12-8-21)34-17-25(27-28(30)31-19-32-29(27)34)20-9-13-24(14-10-20)36-23-5-3-2-4-6-23;1-2-4-5-3-1;;/h2-6,9-10,13-14,17-18,20-21,26H,7-8,11-12,15-16H2,1H3;2-6,9-10,13-14,17-18,20-21,26H,7-8,11-12,15-16H2,1H3,(H2,30,31,32);2-6,9-10,13-14,17,19,21-22,26H,7-8,11-12,15-16,18H2,1H3,(H2,30,31,32);1-4H2;1H3;1H2. The number of hydrogen-bond donors (Lipinski definition) is 3. The van der Waals surface area contributed by atoms with E-state index in [4.69, 9.17) is 56.2 Å². The van der Waals surface area contributed by atoms with E-state index in [-0.39, 0.29) is 59.6 Å². The summed E-state index contributed by atoms with van der Waals surface area (Å²) in [6.07, 6.45) is 25.6. The first-order valence-corrected chi connectivity index (χ1v) is 41.0. The summed E-state index contributed by atoms with van der Waals surface area (Å²) >= 11 is 6.61. The molecule has 2 amide bonds. The predicted octanol–water partition coefficient (Wildman–Crippen LogP) is 16.9. The number of ether oxygens (including phenoxy) is 7. The van der Waals surface area contributed by atoms with Crippen molar-refractivity contribution in [2.24, 2.45) is 17.8 Å². The number of nitrogens with zero attached hydrogens (tertiary/aromatic N) is 12. The van der Waals surface area contributed by atoms with Crippen LogP contribution in [-0.4, -0.2) is 174 Å². The lowest BCUT2D eigenvalue weighted by molar-refractivity contribution is -0.157. The summed E-state index contributed by atoms with van der Waals surface area (Å²) in [5.41, 5.74) is 21.6. The number of morpholine rings is 3. The van der Waals surface area contributed by atoms with Crippen molar-refractivity contribution in [1.29, 1.82) is 0 Å². The molecule has 3 unspecified atom stereocenters. The van der Waals surface area contributed by atoms with Gasteiger partial charge in [0.1, 0.15) is 99.4 Å². The fraction of sp³-hybridized carbons (Fsp3) is 0.385. The third-order valence-electron chi connectivity index (χ3n) is 23.9. The first-order valence-electron chi connectivity index (χ1n) is 40.7. The number of nitrogen functional groups attached to an aromatic ring is 2. The molecule has 3 aliphatic carbocycles. The van der Waals surface area contributed by atoms with Crippen molar-refractivity contribution in [3.05, 3.63) is 207 Å². The zero-order chi connectivity index (χ0) is 78.7. The molecule has 4 aliphatic heterocycles. The van der Waals surface area contributed by atoms with Crippen molar-refractivity contribution in [1.82, 2.24) is 64.5 Å². The summed E-state index contributed by atoms with van der Waals surface area (Å²) < 4.78 is 47.6. The molecule has 3 saturated carbocycles. The van der Waals surface area contributed by atoms with Gasteiger partial charge in [-0.2, -0.15) is 0 Å². The molecule has 4 saturated heterocycles. The largest absolute Gasteiger partial charge is 0.457 e. The zero-order valence-electron chi connectivity index (χ0n) is 66.8. The SMILES string of the molecule is C1CCOC1.CN1CCOC(C2CCC(n3cc(-c4ccc(Oc5ccccc5)cc4)c4c(Cl)ncnc43)CC2)C1=O.CN1CCOC(C2CCC(n3cc(-c4ccc(Oc5ccccc5)cc4)c4c(N)ncnc43)CC2)C1.CN1CCOC(C2CCC(n3cc(-c4ccc(Oc5ccccc5)cc4)c4c(N)ncnc43)CC2)C1=O.N.O. The number of fused-ring (bicyclic) bond motifs is 3. The van der Waals surface area contributed by atoms with E-state index in [9.17, 15) is 9.59 Å². The highest BCUT2D eigenvalue weighted by Crippen LogP contribution is 2.46. The van der Waals surface area contributed by atoms with Gasteiger partial charge in [-0.25, -0.2) is 29.9 Å². The molecule has 117 heavy (non-hydrogen) atoms. The second kappa shape index (κ2) is 38.5. The van der Waals surface area contributed by atoms with Crippen LogP contribution in [0.1, 0.15) is 108 Å². The molecule has 6 aromatic carbocycles. The molecule has 25 nitrogen and oxygen atoms in total. The van der Waals surface area contributed by atoms with Crippen LogP contribution >= 0.6 is 11.6 Å². The van der Waals surface area contributed by atoms with Gasteiger partial charge in [0.15, 0.2) is 0 Å². The van der Waals surface area contributed by atoms with Crippen molar-refractivity contribution < 1.29 is 48.2 Å². The second-order valence-electron chi connectivity index (χ2n) is 31.2. The molecule has 0 radical (unpaired) electrons. The minimum atomic E-state index is -0.315.